The van der Waals surface area contributed by atoms with E-state index in [2.05, 4.69) is 40.0 Å². The molecular formula is C21H35N5O. The quantitative estimate of drug-likeness (QED) is 0.804. The van der Waals surface area contributed by atoms with Gasteiger partial charge in [0.05, 0.1) is 6.54 Å². The van der Waals surface area contributed by atoms with Crippen molar-refractivity contribution < 1.29 is 4.79 Å². The van der Waals surface area contributed by atoms with Crippen LogP contribution in [0, 0.1) is 6.92 Å². The van der Waals surface area contributed by atoms with Gasteiger partial charge in [0.15, 0.2) is 0 Å². The zero-order valence-electron chi connectivity index (χ0n) is 17.2. The molecule has 0 aromatic carbocycles. The van der Waals surface area contributed by atoms with Crippen LogP contribution in [0.25, 0.3) is 0 Å². The molecule has 0 unspecified atom stereocenters. The Bertz CT molecular complexity index is 617. The van der Waals surface area contributed by atoms with E-state index in [4.69, 9.17) is 4.98 Å². The molecule has 0 radical (unpaired) electrons. The SMILES string of the molecule is Cc1cc(N2CCN(CC(=O)NC3CCCCCC3)CC2)nc(C(C)C)n1. The number of aryl methyl sites for hydroxylation is 1. The first-order valence-corrected chi connectivity index (χ1v) is 10.6. The number of hydrogen-bond donors (Lipinski definition) is 1. The lowest BCUT2D eigenvalue weighted by Crippen LogP contribution is -2.50. The van der Waals surface area contributed by atoms with Crippen LogP contribution < -0.4 is 10.2 Å². The maximum absolute atomic E-state index is 12.4. The molecule has 2 aliphatic rings. The Balaban J connectivity index is 1.48. The van der Waals surface area contributed by atoms with E-state index in [-0.39, 0.29) is 5.91 Å². The Hall–Kier alpha value is -1.69. The van der Waals surface area contributed by atoms with Crippen LogP contribution >= 0.6 is 0 Å². The molecule has 3 rings (SSSR count). The van der Waals surface area contributed by atoms with E-state index >= 15 is 0 Å². The average molecular weight is 374 g/mol. The summed E-state index contributed by atoms with van der Waals surface area (Å²) >= 11 is 0. The topological polar surface area (TPSA) is 61.4 Å². The van der Waals surface area contributed by atoms with Crippen LogP contribution in [-0.2, 0) is 4.79 Å². The fraction of sp³-hybridized carbons (Fsp3) is 0.762. The Morgan fingerprint density at radius 1 is 1.11 bits per heavy atom. The highest BCUT2D eigenvalue weighted by Crippen LogP contribution is 2.19. The highest BCUT2D eigenvalue weighted by atomic mass is 16.2. The standard InChI is InChI=1S/C21H35N5O/c1-16(2)21-22-17(3)14-19(24-21)26-12-10-25(11-13-26)15-20(27)23-18-8-6-4-5-7-9-18/h14,16,18H,4-13,15H2,1-3H3,(H,23,27). The molecule has 1 N–H and O–H groups in total. The van der Waals surface area contributed by atoms with Gasteiger partial charge in [-0.05, 0) is 19.8 Å². The van der Waals surface area contributed by atoms with Crippen molar-refractivity contribution in [3.63, 3.8) is 0 Å². The molecule has 2 heterocycles. The van der Waals surface area contributed by atoms with Crippen LogP contribution in [0.2, 0.25) is 0 Å². The molecule has 1 aliphatic heterocycles. The van der Waals surface area contributed by atoms with Gasteiger partial charge in [0, 0.05) is 49.9 Å². The van der Waals surface area contributed by atoms with Gasteiger partial charge in [-0.3, -0.25) is 9.69 Å². The van der Waals surface area contributed by atoms with Crippen LogP contribution in [0.5, 0.6) is 0 Å². The summed E-state index contributed by atoms with van der Waals surface area (Å²) in [6, 6.07) is 2.46. The predicted octanol–water partition coefficient (Wildman–Crippen LogP) is 2.87. The van der Waals surface area contributed by atoms with E-state index in [1.165, 1.54) is 25.7 Å². The number of nitrogens with zero attached hydrogens (tertiary/aromatic N) is 4. The third kappa shape index (κ3) is 5.89. The summed E-state index contributed by atoms with van der Waals surface area (Å²) < 4.78 is 0. The molecule has 150 valence electrons. The zero-order chi connectivity index (χ0) is 19.2. The fourth-order valence-corrected chi connectivity index (χ4v) is 4.03. The monoisotopic (exact) mass is 373 g/mol. The molecule has 1 aromatic rings. The number of aromatic nitrogens is 2. The van der Waals surface area contributed by atoms with E-state index in [1.807, 2.05) is 6.92 Å². The molecule has 1 aliphatic carbocycles. The van der Waals surface area contributed by atoms with Crippen molar-refractivity contribution in [2.75, 3.05) is 37.6 Å². The van der Waals surface area contributed by atoms with Gasteiger partial charge in [0.1, 0.15) is 11.6 Å². The average Bonchev–Trinajstić information content (AvgIpc) is 2.90. The molecule has 27 heavy (non-hydrogen) atoms. The first-order valence-electron chi connectivity index (χ1n) is 10.6. The highest BCUT2D eigenvalue weighted by molar-refractivity contribution is 5.78. The molecule has 1 aromatic heterocycles. The number of amides is 1. The number of carbonyl (C=O) groups excluding carboxylic acids is 1. The lowest BCUT2D eigenvalue weighted by atomic mass is 10.1. The number of anilines is 1. The Morgan fingerprint density at radius 3 is 2.41 bits per heavy atom. The number of carbonyl (C=O) groups is 1. The summed E-state index contributed by atoms with van der Waals surface area (Å²) in [6.07, 6.45) is 7.42. The van der Waals surface area contributed by atoms with E-state index in [9.17, 15) is 4.79 Å². The highest BCUT2D eigenvalue weighted by Gasteiger charge is 2.22. The van der Waals surface area contributed by atoms with Crippen molar-refractivity contribution in [1.29, 1.82) is 0 Å². The lowest BCUT2D eigenvalue weighted by molar-refractivity contribution is -0.123. The Labute approximate surface area is 163 Å². The molecule has 1 saturated carbocycles. The number of nitrogens with one attached hydrogen (secondary N) is 1. The Morgan fingerprint density at radius 2 is 1.78 bits per heavy atom. The zero-order valence-corrected chi connectivity index (χ0v) is 17.2. The summed E-state index contributed by atoms with van der Waals surface area (Å²) in [7, 11) is 0. The smallest absolute Gasteiger partial charge is 0.234 e. The minimum atomic E-state index is 0.190. The van der Waals surface area contributed by atoms with Crippen molar-refractivity contribution in [2.45, 2.75) is 71.3 Å². The van der Waals surface area contributed by atoms with Crippen LogP contribution in [0.1, 0.15) is 69.8 Å². The normalized spacial score (nSPS) is 19.9. The predicted molar refractivity (Wildman–Crippen MR) is 109 cm³/mol. The second-order valence-electron chi connectivity index (χ2n) is 8.40. The molecule has 1 saturated heterocycles. The fourth-order valence-electron chi connectivity index (χ4n) is 4.03. The van der Waals surface area contributed by atoms with Gasteiger partial charge >= 0.3 is 0 Å². The molecule has 6 nitrogen and oxygen atoms in total. The molecule has 0 atom stereocenters. The van der Waals surface area contributed by atoms with Crippen LogP contribution in [0.4, 0.5) is 5.82 Å². The second kappa shape index (κ2) is 9.49. The molecular weight excluding hydrogens is 338 g/mol. The van der Waals surface area contributed by atoms with E-state index in [0.29, 0.717) is 18.5 Å². The molecule has 6 heteroatoms. The number of hydrogen-bond acceptors (Lipinski definition) is 5. The van der Waals surface area contributed by atoms with Crippen molar-refractivity contribution in [2.24, 2.45) is 0 Å². The summed E-state index contributed by atoms with van der Waals surface area (Å²) in [5.41, 5.74) is 1.02. The van der Waals surface area contributed by atoms with E-state index in [1.54, 1.807) is 0 Å². The van der Waals surface area contributed by atoms with Gasteiger partial charge in [-0.25, -0.2) is 9.97 Å². The van der Waals surface area contributed by atoms with E-state index < -0.39 is 0 Å². The van der Waals surface area contributed by atoms with Gasteiger partial charge in [-0.1, -0.05) is 39.5 Å². The summed E-state index contributed by atoms with van der Waals surface area (Å²) in [6.45, 7) is 10.4. The van der Waals surface area contributed by atoms with Crippen LogP contribution in [0.3, 0.4) is 0 Å². The maximum atomic E-state index is 12.4. The minimum absolute atomic E-state index is 0.190. The maximum Gasteiger partial charge on any atom is 0.234 e. The Kier molecular flexibility index (Phi) is 7.05. The molecule has 1 amide bonds. The third-order valence-electron chi connectivity index (χ3n) is 5.66. The first kappa shape index (κ1) is 20.1. The van der Waals surface area contributed by atoms with Crippen molar-refractivity contribution in [1.82, 2.24) is 20.2 Å². The van der Waals surface area contributed by atoms with Gasteiger partial charge < -0.3 is 10.2 Å². The van der Waals surface area contributed by atoms with Gasteiger partial charge in [0.2, 0.25) is 5.91 Å². The summed E-state index contributed by atoms with van der Waals surface area (Å²) in [5.74, 6) is 2.46. The van der Waals surface area contributed by atoms with Gasteiger partial charge in [-0.2, -0.15) is 0 Å². The van der Waals surface area contributed by atoms with Crippen LogP contribution in [0.15, 0.2) is 6.07 Å². The lowest BCUT2D eigenvalue weighted by Gasteiger charge is -2.35. The number of piperazine rings is 1. The summed E-state index contributed by atoms with van der Waals surface area (Å²) in [5, 5.41) is 3.26. The first-order chi connectivity index (χ1) is 13.0. The van der Waals surface area contributed by atoms with Gasteiger partial charge in [-0.15, -0.1) is 0 Å². The molecule has 0 bridgehead atoms. The number of rotatable bonds is 5. The van der Waals surface area contributed by atoms with Crippen molar-refractivity contribution in [3.05, 3.63) is 17.6 Å². The van der Waals surface area contributed by atoms with Gasteiger partial charge in [0.25, 0.3) is 0 Å². The van der Waals surface area contributed by atoms with Crippen LogP contribution in [-0.4, -0.2) is 59.5 Å². The summed E-state index contributed by atoms with van der Waals surface area (Å²) in [4.78, 5) is 26.3. The van der Waals surface area contributed by atoms with Crippen molar-refractivity contribution >= 4 is 11.7 Å². The van der Waals surface area contributed by atoms with E-state index in [0.717, 1.165) is 56.4 Å². The second-order valence-corrected chi connectivity index (χ2v) is 8.40. The largest absolute Gasteiger partial charge is 0.354 e. The third-order valence-corrected chi connectivity index (χ3v) is 5.66. The molecule has 2 fully saturated rings. The molecule has 0 spiro atoms. The minimum Gasteiger partial charge on any atom is -0.354 e. The van der Waals surface area contributed by atoms with Crippen molar-refractivity contribution in [3.8, 4) is 0 Å².